The molecule has 4 heteroatoms. The van der Waals surface area contributed by atoms with Gasteiger partial charge in [-0.25, -0.2) is 0 Å². The third-order valence-corrected chi connectivity index (χ3v) is 0.1000. The summed E-state index contributed by atoms with van der Waals surface area (Å²) < 4.78 is 0. The predicted molar refractivity (Wildman–Crippen MR) is 17.8 cm³/mol. The molecule has 40 valence electrons. The summed E-state index contributed by atoms with van der Waals surface area (Å²) in [7, 11) is 0. The second kappa shape index (κ2) is 17.6. The van der Waals surface area contributed by atoms with Crippen molar-refractivity contribution in [3.05, 3.63) is 0 Å². The Kier molecular flexibility index (Phi) is 47.0. The molecule has 0 aliphatic heterocycles. The van der Waals surface area contributed by atoms with Crippen LogP contribution in [0.1, 0.15) is 0 Å². The Morgan fingerprint density at radius 2 is 1.17 bits per heavy atom. The number of hydrogen-bond donors (Lipinski definition) is 2. The Hall–Kier alpha value is 0.568. The average molecular weight is 176 g/mol. The van der Waals surface area contributed by atoms with Gasteiger partial charge in [0.1, 0.15) is 0 Å². The van der Waals surface area contributed by atoms with E-state index < -0.39 is 0 Å². The standard InChI is InChI=1S/C2H6O2.Mo.H2O/c3-1-2-4;;/h3-4H,1-2H2;;1H2. The normalized spacial score (nSPS) is 5.00. The molecule has 0 radical (unpaired) electrons. The Balaban J connectivity index is -0.0000000450. The van der Waals surface area contributed by atoms with Gasteiger partial charge >= 0.3 is 0 Å². The monoisotopic (exact) mass is 178 g/mol. The van der Waals surface area contributed by atoms with E-state index in [9.17, 15) is 0 Å². The van der Waals surface area contributed by atoms with E-state index in [1.807, 2.05) is 0 Å². The molecule has 0 bridgehead atoms. The maximum atomic E-state index is 7.62. The minimum absolute atomic E-state index is 0. The molecule has 3 nitrogen and oxygen atoms in total. The number of rotatable bonds is 1. The molecular weight excluding hydrogens is 168 g/mol. The molecule has 0 aromatic rings. The molecule has 0 aromatic carbocycles. The van der Waals surface area contributed by atoms with Crippen molar-refractivity contribution in [2.24, 2.45) is 0 Å². The maximum Gasteiger partial charge on any atom is 0.0662 e. The zero-order chi connectivity index (χ0) is 3.41. The van der Waals surface area contributed by atoms with E-state index in [-0.39, 0.29) is 39.8 Å². The molecule has 0 aromatic heterocycles. The van der Waals surface area contributed by atoms with Gasteiger partial charge in [0, 0.05) is 21.1 Å². The van der Waals surface area contributed by atoms with Crippen molar-refractivity contribution >= 4 is 0 Å². The van der Waals surface area contributed by atoms with Crippen LogP contribution < -0.4 is 0 Å². The third-order valence-electron chi connectivity index (χ3n) is 0.1000. The summed E-state index contributed by atoms with van der Waals surface area (Å²) in [6, 6.07) is 0. The first-order valence-electron chi connectivity index (χ1n) is 1.13. The van der Waals surface area contributed by atoms with Crippen molar-refractivity contribution in [3.8, 4) is 0 Å². The Morgan fingerprint density at radius 1 is 1.00 bits per heavy atom. The maximum absolute atomic E-state index is 7.62. The van der Waals surface area contributed by atoms with Gasteiger partial charge in [-0.15, -0.1) is 0 Å². The largest absolute Gasteiger partial charge is 0.412 e. The molecule has 0 unspecified atom stereocenters. The fourth-order valence-corrected chi connectivity index (χ4v) is 0. The van der Waals surface area contributed by atoms with Crippen molar-refractivity contribution in [1.82, 2.24) is 0 Å². The van der Waals surface area contributed by atoms with Gasteiger partial charge in [-0.2, -0.15) is 0 Å². The smallest absolute Gasteiger partial charge is 0.0662 e. The summed E-state index contributed by atoms with van der Waals surface area (Å²) in [5.41, 5.74) is 0. The second-order valence-corrected chi connectivity index (χ2v) is 0.447. The molecule has 0 aliphatic carbocycles. The van der Waals surface area contributed by atoms with Crippen LogP contribution in [0.25, 0.3) is 0 Å². The first kappa shape index (κ1) is 16.0. The number of aliphatic hydroxyl groups is 2. The molecule has 0 saturated heterocycles. The summed E-state index contributed by atoms with van der Waals surface area (Å²) in [5.74, 6) is 0. The molecule has 0 rings (SSSR count). The van der Waals surface area contributed by atoms with Gasteiger partial charge in [0.15, 0.2) is 0 Å². The quantitative estimate of drug-likeness (QED) is 0.460. The zero-order valence-electron chi connectivity index (χ0n) is 3.22. The first-order valence-corrected chi connectivity index (χ1v) is 1.13. The van der Waals surface area contributed by atoms with Crippen LogP contribution in [-0.4, -0.2) is 28.9 Å². The molecule has 0 aliphatic rings. The van der Waals surface area contributed by atoms with Gasteiger partial charge in [-0.3, -0.25) is 0 Å². The molecule has 6 heavy (non-hydrogen) atoms. The Bertz CT molecular complexity index is 10.8. The number of aliphatic hydroxyl groups excluding tert-OH is 2. The van der Waals surface area contributed by atoms with E-state index in [0.29, 0.717) is 0 Å². The van der Waals surface area contributed by atoms with Crippen LogP contribution in [0.15, 0.2) is 0 Å². The Morgan fingerprint density at radius 3 is 1.17 bits per heavy atom. The van der Waals surface area contributed by atoms with Crippen molar-refractivity contribution in [2.45, 2.75) is 0 Å². The summed E-state index contributed by atoms with van der Waals surface area (Å²) >= 11 is 0. The van der Waals surface area contributed by atoms with Crippen molar-refractivity contribution in [3.63, 3.8) is 0 Å². The predicted octanol–water partition coefficient (Wildman–Crippen LogP) is -1.86. The molecule has 0 fully saturated rings. The fourth-order valence-electron chi connectivity index (χ4n) is 0. The minimum Gasteiger partial charge on any atom is -0.412 e. The van der Waals surface area contributed by atoms with Crippen LogP contribution in [0.2, 0.25) is 0 Å². The van der Waals surface area contributed by atoms with E-state index in [1.54, 1.807) is 0 Å². The van der Waals surface area contributed by atoms with Gasteiger partial charge in [0.25, 0.3) is 0 Å². The van der Waals surface area contributed by atoms with Crippen LogP contribution in [0.4, 0.5) is 0 Å². The minimum atomic E-state index is -0.125. The van der Waals surface area contributed by atoms with Crippen LogP contribution in [-0.2, 0) is 21.1 Å². The molecular formula is C2H8MoO3. The molecule has 0 heterocycles. The van der Waals surface area contributed by atoms with Crippen LogP contribution in [0.5, 0.6) is 0 Å². The van der Waals surface area contributed by atoms with Crippen LogP contribution in [0, 0.1) is 0 Å². The van der Waals surface area contributed by atoms with E-state index >= 15 is 0 Å². The van der Waals surface area contributed by atoms with Crippen molar-refractivity contribution < 1.29 is 36.8 Å². The average Bonchev–Trinajstić information content (AvgIpc) is 1.37. The van der Waals surface area contributed by atoms with Gasteiger partial charge < -0.3 is 15.7 Å². The van der Waals surface area contributed by atoms with Crippen molar-refractivity contribution in [1.29, 1.82) is 0 Å². The summed E-state index contributed by atoms with van der Waals surface area (Å²) in [4.78, 5) is 0. The second-order valence-electron chi connectivity index (χ2n) is 0.447. The summed E-state index contributed by atoms with van der Waals surface area (Å²) in [6.07, 6.45) is 0. The van der Waals surface area contributed by atoms with Crippen LogP contribution >= 0.6 is 0 Å². The van der Waals surface area contributed by atoms with Gasteiger partial charge in [0.05, 0.1) is 13.2 Å². The molecule has 0 atom stereocenters. The molecule has 4 N–H and O–H groups in total. The summed E-state index contributed by atoms with van der Waals surface area (Å²) in [6.45, 7) is -0.250. The van der Waals surface area contributed by atoms with Crippen molar-refractivity contribution in [2.75, 3.05) is 13.2 Å². The van der Waals surface area contributed by atoms with E-state index in [4.69, 9.17) is 10.2 Å². The van der Waals surface area contributed by atoms with E-state index in [0.717, 1.165) is 0 Å². The SMILES string of the molecule is O.OCCO.[Mo]. The van der Waals surface area contributed by atoms with Crippen LogP contribution in [0.3, 0.4) is 0 Å². The summed E-state index contributed by atoms with van der Waals surface area (Å²) in [5, 5.41) is 15.2. The first-order chi connectivity index (χ1) is 1.91. The molecule has 0 saturated carbocycles. The zero-order valence-corrected chi connectivity index (χ0v) is 5.22. The number of hydrogen-bond acceptors (Lipinski definition) is 2. The van der Waals surface area contributed by atoms with E-state index in [1.165, 1.54) is 0 Å². The molecule has 0 amide bonds. The topological polar surface area (TPSA) is 72.0 Å². The van der Waals surface area contributed by atoms with Gasteiger partial charge in [-0.05, 0) is 0 Å². The fraction of sp³-hybridized carbons (Fsp3) is 1.00. The van der Waals surface area contributed by atoms with Gasteiger partial charge in [0.2, 0.25) is 0 Å². The molecule has 0 spiro atoms. The van der Waals surface area contributed by atoms with Gasteiger partial charge in [-0.1, -0.05) is 0 Å². The Labute approximate surface area is 50.6 Å². The van der Waals surface area contributed by atoms with E-state index in [2.05, 4.69) is 0 Å². The third kappa shape index (κ3) is 23.6.